The van der Waals surface area contributed by atoms with E-state index in [-0.39, 0.29) is 22.9 Å². The second-order valence-electron chi connectivity index (χ2n) is 9.38. The summed E-state index contributed by atoms with van der Waals surface area (Å²) in [6, 6.07) is 4.01. The molecule has 3 N–H and O–H groups in total. The lowest BCUT2D eigenvalue weighted by Gasteiger charge is -2.29. The van der Waals surface area contributed by atoms with Crippen LogP contribution in [0.3, 0.4) is 0 Å². The number of rotatable bonds is 5. The predicted molar refractivity (Wildman–Crippen MR) is 142 cm³/mol. The molecule has 11 heteroatoms. The number of aliphatic carboxylic acids is 1. The van der Waals surface area contributed by atoms with Crippen molar-refractivity contribution in [3.63, 3.8) is 0 Å². The van der Waals surface area contributed by atoms with E-state index in [1.165, 1.54) is 6.92 Å². The SMILES string of the molecule is CC(=O)O.CC(=O)c1c(C)c2cnc(Nc3ccc(N4CCNCC4)cn3)nc2n(C2CCCC2)c1=O. The first-order chi connectivity index (χ1) is 17.8. The Balaban J connectivity index is 0.000000747. The van der Waals surface area contributed by atoms with Gasteiger partial charge in [-0.15, -0.1) is 0 Å². The summed E-state index contributed by atoms with van der Waals surface area (Å²) < 4.78 is 1.72. The van der Waals surface area contributed by atoms with Crippen molar-refractivity contribution in [2.45, 2.75) is 52.5 Å². The van der Waals surface area contributed by atoms with E-state index in [0.717, 1.165) is 69.9 Å². The zero-order valence-corrected chi connectivity index (χ0v) is 21.5. The van der Waals surface area contributed by atoms with Crippen LogP contribution in [0, 0.1) is 6.92 Å². The van der Waals surface area contributed by atoms with Crippen molar-refractivity contribution >= 4 is 40.2 Å². The van der Waals surface area contributed by atoms with Gasteiger partial charge in [0.05, 0.1) is 17.4 Å². The first kappa shape index (κ1) is 26.2. The van der Waals surface area contributed by atoms with Gasteiger partial charge < -0.3 is 20.6 Å². The maximum absolute atomic E-state index is 13.3. The molecular weight excluding hydrogens is 474 g/mol. The fourth-order valence-corrected chi connectivity index (χ4v) is 4.99. The van der Waals surface area contributed by atoms with Crippen molar-refractivity contribution in [1.82, 2.24) is 24.8 Å². The first-order valence-electron chi connectivity index (χ1n) is 12.6. The van der Waals surface area contributed by atoms with E-state index in [2.05, 4.69) is 25.5 Å². The van der Waals surface area contributed by atoms with Gasteiger partial charge in [0, 0.05) is 50.7 Å². The number of ketones is 1. The van der Waals surface area contributed by atoms with Crippen LogP contribution < -0.4 is 21.1 Å². The number of carbonyl (C=O) groups is 2. The van der Waals surface area contributed by atoms with Crippen LogP contribution in [-0.2, 0) is 4.79 Å². The minimum Gasteiger partial charge on any atom is -0.481 e. The Hall–Kier alpha value is -3.86. The minimum absolute atomic E-state index is 0.0536. The molecule has 1 saturated carbocycles. The Morgan fingerprint density at radius 1 is 1.08 bits per heavy atom. The minimum atomic E-state index is -0.833. The summed E-state index contributed by atoms with van der Waals surface area (Å²) in [5.41, 5.74) is 2.29. The van der Waals surface area contributed by atoms with Crippen LogP contribution in [0.25, 0.3) is 11.0 Å². The van der Waals surface area contributed by atoms with Gasteiger partial charge in [-0.2, -0.15) is 4.98 Å². The molecule has 1 aliphatic heterocycles. The maximum Gasteiger partial charge on any atom is 0.300 e. The van der Waals surface area contributed by atoms with Crippen molar-refractivity contribution in [1.29, 1.82) is 0 Å². The molecule has 196 valence electrons. The van der Waals surface area contributed by atoms with Crippen molar-refractivity contribution in [2.75, 3.05) is 36.4 Å². The third-order valence-electron chi connectivity index (χ3n) is 6.72. The molecule has 37 heavy (non-hydrogen) atoms. The van der Waals surface area contributed by atoms with Crippen LogP contribution in [0.1, 0.15) is 61.5 Å². The molecule has 3 aromatic rings. The number of carbonyl (C=O) groups excluding carboxylic acids is 1. The molecule has 0 unspecified atom stereocenters. The third kappa shape index (κ3) is 5.93. The number of fused-ring (bicyclic) bond motifs is 1. The van der Waals surface area contributed by atoms with Gasteiger partial charge in [0.1, 0.15) is 11.5 Å². The number of anilines is 3. The van der Waals surface area contributed by atoms with Crippen LogP contribution in [0.15, 0.2) is 29.3 Å². The van der Waals surface area contributed by atoms with Gasteiger partial charge in [-0.05, 0) is 44.4 Å². The monoisotopic (exact) mass is 507 g/mol. The highest BCUT2D eigenvalue weighted by atomic mass is 16.4. The Bertz CT molecular complexity index is 1340. The highest BCUT2D eigenvalue weighted by molar-refractivity contribution is 5.99. The highest BCUT2D eigenvalue weighted by Gasteiger charge is 2.25. The number of Topliss-reactive ketones (excluding diaryl/α,β-unsaturated/α-hetero) is 1. The van der Waals surface area contributed by atoms with E-state index in [1.807, 2.05) is 18.3 Å². The summed E-state index contributed by atoms with van der Waals surface area (Å²) in [7, 11) is 0. The highest BCUT2D eigenvalue weighted by Crippen LogP contribution is 2.32. The fraction of sp³-hybridized carbons (Fsp3) is 0.462. The van der Waals surface area contributed by atoms with Crippen LogP contribution in [0.5, 0.6) is 0 Å². The normalized spacial score (nSPS) is 15.8. The number of carboxylic acid groups (broad SMARTS) is 1. The first-order valence-corrected chi connectivity index (χ1v) is 12.6. The topological polar surface area (TPSA) is 142 Å². The summed E-state index contributed by atoms with van der Waals surface area (Å²) >= 11 is 0. The number of nitrogens with one attached hydrogen (secondary N) is 2. The molecule has 4 heterocycles. The van der Waals surface area contributed by atoms with E-state index in [9.17, 15) is 9.59 Å². The van der Waals surface area contributed by atoms with E-state index in [0.29, 0.717) is 23.0 Å². The Morgan fingerprint density at radius 3 is 2.35 bits per heavy atom. The molecule has 1 aliphatic carbocycles. The summed E-state index contributed by atoms with van der Waals surface area (Å²) in [4.78, 5) is 50.6. The maximum atomic E-state index is 13.3. The molecule has 0 atom stereocenters. The predicted octanol–water partition coefficient (Wildman–Crippen LogP) is 3.06. The van der Waals surface area contributed by atoms with E-state index < -0.39 is 5.97 Å². The van der Waals surface area contributed by atoms with Gasteiger partial charge in [-0.1, -0.05) is 12.8 Å². The largest absolute Gasteiger partial charge is 0.481 e. The zero-order chi connectivity index (χ0) is 26.5. The van der Waals surface area contributed by atoms with Crippen LogP contribution in [0.2, 0.25) is 0 Å². The van der Waals surface area contributed by atoms with Gasteiger partial charge in [0.15, 0.2) is 5.78 Å². The average molecular weight is 508 g/mol. The summed E-state index contributed by atoms with van der Waals surface area (Å²) in [6.45, 7) is 8.19. The number of pyridine rings is 2. The molecule has 11 nitrogen and oxygen atoms in total. The van der Waals surface area contributed by atoms with Crippen LogP contribution >= 0.6 is 0 Å². The number of carboxylic acids is 1. The number of hydrogen-bond acceptors (Lipinski definition) is 9. The lowest BCUT2D eigenvalue weighted by molar-refractivity contribution is -0.134. The van der Waals surface area contributed by atoms with Crippen molar-refractivity contribution < 1.29 is 14.7 Å². The van der Waals surface area contributed by atoms with Gasteiger partial charge in [-0.3, -0.25) is 19.0 Å². The van der Waals surface area contributed by atoms with Gasteiger partial charge in [-0.25, -0.2) is 9.97 Å². The Labute approximate surface area is 215 Å². The molecular formula is C26H33N7O4. The summed E-state index contributed by atoms with van der Waals surface area (Å²) in [5.74, 6) is -0.0340. The molecule has 0 amide bonds. The van der Waals surface area contributed by atoms with Crippen molar-refractivity contribution in [3.05, 3.63) is 46.0 Å². The van der Waals surface area contributed by atoms with Gasteiger partial charge in [0.25, 0.3) is 11.5 Å². The third-order valence-corrected chi connectivity index (χ3v) is 6.72. The van der Waals surface area contributed by atoms with Gasteiger partial charge in [0.2, 0.25) is 5.95 Å². The molecule has 5 rings (SSSR count). The van der Waals surface area contributed by atoms with E-state index in [1.54, 1.807) is 17.7 Å². The number of piperazine rings is 1. The Kier molecular flexibility index (Phi) is 8.12. The smallest absolute Gasteiger partial charge is 0.300 e. The number of hydrogen-bond donors (Lipinski definition) is 3. The molecule has 1 saturated heterocycles. The zero-order valence-electron chi connectivity index (χ0n) is 21.5. The van der Waals surface area contributed by atoms with E-state index >= 15 is 0 Å². The second-order valence-corrected chi connectivity index (χ2v) is 9.38. The Morgan fingerprint density at radius 2 is 1.76 bits per heavy atom. The fourth-order valence-electron chi connectivity index (χ4n) is 4.99. The van der Waals surface area contributed by atoms with E-state index in [4.69, 9.17) is 14.9 Å². The van der Waals surface area contributed by atoms with Crippen molar-refractivity contribution in [3.8, 4) is 0 Å². The number of nitrogens with zero attached hydrogens (tertiary/aromatic N) is 5. The summed E-state index contributed by atoms with van der Waals surface area (Å²) in [5, 5.41) is 14.7. The molecule has 0 aromatic carbocycles. The van der Waals surface area contributed by atoms with Gasteiger partial charge >= 0.3 is 0 Å². The van der Waals surface area contributed by atoms with Crippen LogP contribution in [-0.4, -0.2) is 62.6 Å². The molecule has 0 spiro atoms. The van der Waals surface area contributed by atoms with Crippen molar-refractivity contribution in [2.24, 2.45) is 0 Å². The quantitative estimate of drug-likeness (QED) is 0.441. The standard InChI is InChI=1S/C24H29N7O2.C2H4O2/c1-15-19-14-27-24(28-20-8-7-18(13-26-20)30-11-9-25-10-12-30)29-22(19)31(17-5-3-4-6-17)23(33)21(15)16(2)32;1-2(3)4/h7-8,13-14,17,25H,3-6,9-12H2,1-2H3,(H,26,27,28,29);1H3,(H,3,4). The summed E-state index contributed by atoms with van der Waals surface area (Å²) in [6.07, 6.45) is 7.52. The molecule has 2 aliphatic rings. The lowest BCUT2D eigenvalue weighted by Crippen LogP contribution is -2.43. The second kappa shape index (κ2) is 11.5. The number of aryl methyl sites for hydroxylation is 1. The molecule has 2 fully saturated rings. The molecule has 0 bridgehead atoms. The number of aromatic nitrogens is 4. The van der Waals surface area contributed by atoms with Crippen LogP contribution in [0.4, 0.5) is 17.5 Å². The molecule has 0 radical (unpaired) electrons. The average Bonchev–Trinajstić information content (AvgIpc) is 3.39. The molecule has 3 aromatic heterocycles. The lowest BCUT2D eigenvalue weighted by atomic mass is 10.0.